The molecular formula is C15H12ClN5O2. The number of nitrogens with zero attached hydrogens (tertiary/aromatic N) is 5. The molecule has 1 aromatic heterocycles. The molecule has 0 N–H and O–H groups in total. The maximum Gasteiger partial charge on any atom is 0.377 e. The molecule has 7 nitrogen and oxygen atoms in total. The first-order chi connectivity index (χ1) is 11.1. The van der Waals surface area contributed by atoms with E-state index >= 15 is 0 Å². The molecule has 3 rings (SSSR count). The van der Waals surface area contributed by atoms with Gasteiger partial charge in [-0.25, -0.2) is 9.59 Å². The van der Waals surface area contributed by atoms with E-state index in [9.17, 15) is 9.59 Å². The van der Waals surface area contributed by atoms with E-state index in [1.807, 2.05) is 6.07 Å². The summed E-state index contributed by atoms with van der Waals surface area (Å²) in [6.45, 7) is 0. The van der Waals surface area contributed by atoms with Crippen molar-refractivity contribution >= 4 is 23.3 Å². The van der Waals surface area contributed by atoms with Crippen molar-refractivity contribution in [2.24, 2.45) is 0 Å². The molecule has 0 aliphatic carbocycles. The topological polar surface area (TPSA) is 73.0 Å². The molecule has 0 bridgehead atoms. The number of aromatic nitrogens is 4. The average molecular weight is 330 g/mol. The molecule has 116 valence electrons. The number of para-hydroxylation sites is 2. The number of anilines is 1. The normalized spacial score (nSPS) is 10.5. The zero-order valence-electron chi connectivity index (χ0n) is 12.1. The van der Waals surface area contributed by atoms with Crippen molar-refractivity contribution in [1.82, 2.24) is 19.8 Å². The fourth-order valence-corrected chi connectivity index (χ4v) is 2.26. The van der Waals surface area contributed by atoms with Crippen LogP contribution in [-0.2, 0) is 0 Å². The van der Waals surface area contributed by atoms with E-state index in [-0.39, 0.29) is 0 Å². The molecule has 3 aromatic rings. The minimum Gasteiger partial charge on any atom is -0.295 e. The number of amides is 1. The number of halogens is 1. The third-order valence-corrected chi connectivity index (χ3v) is 3.59. The van der Waals surface area contributed by atoms with Gasteiger partial charge in [-0.1, -0.05) is 41.9 Å². The number of tetrazole rings is 1. The lowest BCUT2D eigenvalue weighted by molar-refractivity contribution is 0.245. The number of carbonyl (C=O) groups excluding carboxylic acids is 1. The van der Waals surface area contributed by atoms with Crippen LogP contribution < -0.4 is 10.6 Å². The first-order valence-electron chi connectivity index (χ1n) is 6.72. The van der Waals surface area contributed by atoms with Crippen molar-refractivity contribution in [3.8, 4) is 5.69 Å². The van der Waals surface area contributed by atoms with Crippen molar-refractivity contribution in [3.05, 3.63) is 70.1 Å². The van der Waals surface area contributed by atoms with Crippen LogP contribution in [0.25, 0.3) is 5.69 Å². The first kappa shape index (κ1) is 15.0. The van der Waals surface area contributed by atoms with Gasteiger partial charge in [-0.3, -0.25) is 4.90 Å². The summed E-state index contributed by atoms with van der Waals surface area (Å²) in [6, 6.07) is 15.0. The summed E-state index contributed by atoms with van der Waals surface area (Å²) in [7, 11) is 1.55. The third-order valence-electron chi connectivity index (χ3n) is 3.27. The molecule has 0 atom stereocenters. The molecule has 0 fully saturated rings. The summed E-state index contributed by atoms with van der Waals surface area (Å²) in [5, 5.41) is 7.71. The molecule has 0 radical (unpaired) electrons. The van der Waals surface area contributed by atoms with Crippen LogP contribution in [0.1, 0.15) is 0 Å². The van der Waals surface area contributed by atoms with E-state index < -0.39 is 11.7 Å². The SMILES string of the molecule is CN(C(=O)n1nnn(-c2ccccc2Cl)c1=O)c1ccccc1. The van der Waals surface area contributed by atoms with Gasteiger partial charge in [-0.15, -0.1) is 4.68 Å². The van der Waals surface area contributed by atoms with Crippen molar-refractivity contribution in [2.45, 2.75) is 0 Å². The third kappa shape index (κ3) is 2.74. The van der Waals surface area contributed by atoms with Crippen LogP contribution in [0.2, 0.25) is 5.02 Å². The van der Waals surface area contributed by atoms with E-state index in [1.165, 1.54) is 4.90 Å². The largest absolute Gasteiger partial charge is 0.377 e. The van der Waals surface area contributed by atoms with E-state index in [0.29, 0.717) is 21.1 Å². The Morgan fingerprint density at radius 3 is 2.39 bits per heavy atom. The second-order valence-electron chi connectivity index (χ2n) is 4.71. The minimum atomic E-state index is -0.689. The van der Waals surface area contributed by atoms with Crippen molar-refractivity contribution in [3.63, 3.8) is 0 Å². The van der Waals surface area contributed by atoms with Gasteiger partial charge in [-0.2, -0.15) is 4.68 Å². The van der Waals surface area contributed by atoms with E-state index in [1.54, 1.807) is 55.6 Å². The number of hydrogen-bond acceptors (Lipinski definition) is 4. The standard InChI is InChI=1S/C15H12ClN5O2/c1-19(11-7-3-2-4-8-11)14(22)21-15(23)20(17-18-21)13-10-6-5-9-12(13)16/h2-10H,1H3. The summed E-state index contributed by atoms with van der Waals surface area (Å²) in [5.41, 5.74) is 0.308. The predicted octanol–water partition coefficient (Wildman–Crippen LogP) is 2.19. The second kappa shape index (κ2) is 6.05. The zero-order valence-corrected chi connectivity index (χ0v) is 12.9. The van der Waals surface area contributed by atoms with Gasteiger partial charge in [0.05, 0.1) is 10.7 Å². The molecule has 2 aromatic carbocycles. The molecule has 8 heteroatoms. The van der Waals surface area contributed by atoms with Crippen LogP contribution in [-0.4, -0.2) is 32.9 Å². The number of hydrogen-bond donors (Lipinski definition) is 0. The van der Waals surface area contributed by atoms with Crippen molar-refractivity contribution in [2.75, 3.05) is 11.9 Å². The van der Waals surface area contributed by atoms with Crippen LogP contribution >= 0.6 is 11.6 Å². The fraction of sp³-hybridized carbons (Fsp3) is 0.0667. The highest BCUT2D eigenvalue weighted by atomic mass is 35.5. The lowest BCUT2D eigenvalue weighted by atomic mass is 10.3. The molecule has 1 heterocycles. The predicted molar refractivity (Wildman–Crippen MR) is 86.3 cm³/mol. The van der Waals surface area contributed by atoms with Crippen molar-refractivity contribution in [1.29, 1.82) is 0 Å². The molecule has 23 heavy (non-hydrogen) atoms. The smallest absolute Gasteiger partial charge is 0.295 e. The molecule has 0 spiro atoms. The van der Waals surface area contributed by atoms with Gasteiger partial charge in [0.25, 0.3) is 0 Å². The summed E-state index contributed by atoms with van der Waals surface area (Å²) in [4.78, 5) is 26.1. The van der Waals surface area contributed by atoms with Gasteiger partial charge in [0, 0.05) is 12.7 Å². The van der Waals surface area contributed by atoms with Gasteiger partial charge < -0.3 is 0 Å². The molecule has 0 saturated carbocycles. The van der Waals surface area contributed by atoms with Gasteiger partial charge in [0.2, 0.25) is 0 Å². The van der Waals surface area contributed by atoms with Gasteiger partial charge in [0.1, 0.15) is 0 Å². The average Bonchev–Trinajstić information content (AvgIpc) is 2.96. The van der Waals surface area contributed by atoms with E-state index in [2.05, 4.69) is 10.4 Å². The molecule has 0 saturated heterocycles. The first-order valence-corrected chi connectivity index (χ1v) is 7.10. The van der Waals surface area contributed by atoms with Gasteiger partial charge in [0.15, 0.2) is 0 Å². The molecule has 1 amide bonds. The minimum absolute atomic E-state index is 0.338. The Hall–Kier alpha value is -2.93. The van der Waals surface area contributed by atoms with Gasteiger partial charge in [-0.05, 0) is 34.7 Å². The van der Waals surface area contributed by atoms with Gasteiger partial charge >= 0.3 is 11.7 Å². The lowest BCUT2D eigenvalue weighted by Gasteiger charge is -2.15. The quantitative estimate of drug-likeness (QED) is 0.675. The van der Waals surface area contributed by atoms with Crippen molar-refractivity contribution < 1.29 is 4.79 Å². The monoisotopic (exact) mass is 329 g/mol. The summed E-state index contributed by atoms with van der Waals surface area (Å²) in [6.07, 6.45) is 0. The summed E-state index contributed by atoms with van der Waals surface area (Å²) < 4.78 is 1.68. The highest BCUT2D eigenvalue weighted by Gasteiger charge is 2.20. The van der Waals surface area contributed by atoms with E-state index in [4.69, 9.17) is 11.6 Å². The molecule has 0 unspecified atom stereocenters. The molecular weight excluding hydrogens is 318 g/mol. The Kier molecular flexibility index (Phi) is 3.94. The highest BCUT2D eigenvalue weighted by molar-refractivity contribution is 6.32. The Balaban J connectivity index is 1.98. The molecule has 0 aliphatic heterocycles. The lowest BCUT2D eigenvalue weighted by Crippen LogP contribution is -2.38. The highest BCUT2D eigenvalue weighted by Crippen LogP contribution is 2.17. The van der Waals surface area contributed by atoms with Crippen LogP contribution in [0, 0.1) is 0 Å². The number of carbonyl (C=O) groups is 1. The Bertz CT molecular complexity index is 903. The maximum absolute atomic E-state index is 12.4. The van der Waals surface area contributed by atoms with Crippen LogP contribution in [0.5, 0.6) is 0 Å². The summed E-state index contributed by atoms with van der Waals surface area (Å²) in [5.74, 6) is 0. The Morgan fingerprint density at radius 2 is 1.70 bits per heavy atom. The maximum atomic E-state index is 12.4. The number of benzene rings is 2. The number of rotatable bonds is 2. The fourth-order valence-electron chi connectivity index (χ4n) is 2.05. The van der Waals surface area contributed by atoms with Crippen LogP contribution in [0.4, 0.5) is 10.5 Å². The summed E-state index contributed by atoms with van der Waals surface area (Å²) >= 11 is 6.05. The Morgan fingerprint density at radius 1 is 1.04 bits per heavy atom. The second-order valence-corrected chi connectivity index (χ2v) is 5.12. The molecule has 0 aliphatic rings. The van der Waals surface area contributed by atoms with E-state index in [0.717, 1.165) is 4.68 Å². The zero-order chi connectivity index (χ0) is 16.4. The Labute approximate surface area is 136 Å². The van der Waals surface area contributed by atoms with Crippen LogP contribution in [0.3, 0.4) is 0 Å². The van der Waals surface area contributed by atoms with Crippen LogP contribution in [0.15, 0.2) is 59.4 Å².